The molecule has 0 amide bonds. The van der Waals surface area contributed by atoms with Gasteiger partial charge in [0.2, 0.25) is 10.0 Å². The smallest absolute Gasteiger partial charge is 0.271 e. The Morgan fingerprint density at radius 2 is 1.73 bits per heavy atom. The number of hydrogen-bond donors (Lipinski definition) is 2. The number of rotatable bonds is 9. The van der Waals surface area contributed by atoms with E-state index in [0.29, 0.717) is 12.2 Å². The van der Waals surface area contributed by atoms with Gasteiger partial charge in [0.15, 0.2) is 0 Å². The predicted octanol–water partition coefficient (Wildman–Crippen LogP) is 2.09. The fraction of sp³-hybridized carbons (Fsp3) is 0.294. The van der Waals surface area contributed by atoms with Crippen LogP contribution < -0.4 is 14.8 Å². The number of nitro benzene ring substituents is 1. The van der Waals surface area contributed by atoms with Gasteiger partial charge in [-0.3, -0.25) is 14.8 Å². The SMILES string of the molecule is CCNc1ccc(S(=O)(=O)N(C)C)cc1NS(=O)(=O)c1cc([N+](=O)[O-])ccc1OC. The maximum absolute atomic E-state index is 13.0. The summed E-state index contributed by atoms with van der Waals surface area (Å²) in [5.74, 6) is -0.102. The Kier molecular flexibility index (Phi) is 6.90. The normalized spacial score (nSPS) is 11.9. The number of sulfonamides is 2. The molecule has 0 atom stereocenters. The van der Waals surface area contributed by atoms with Crippen LogP contribution in [0.1, 0.15) is 6.92 Å². The number of anilines is 2. The van der Waals surface area contributed by atoms with Gasteiger partial charge in [0.25, 0.3) is 15.7 Å². The van der Waals surface area contributed by atoms with Gasteiger partial charge in [0.05, 0.1) is 28.3 Å². The Bertz CT molecular complexity index is 1160. The van der Waals surface area contributed by atoms with Gasteiger partial charge in [-0.2, -0.15) is 0 Å². The molecule has 11 nitrogen and oxygen atoms in total. The maximum Gasteiger partial charge on any atom is 0.271 e. The van der Waals surface area contributed by atoms with Crippen LogP contribution in [-0.2, 0) is 20.0 Å². The van der Waals surface area contributed by atoms with Crippen LogP contribution in [0.3, 0.4) is 0 Å². The fourth-order valence-corrected chi connectivity index (χ4v) is 4.70. The Morgan fingerprint density at radius 1 is 1.07 bits per heavy atom. The van der Waals surface area contributed by atoms with Crippen LogP contribution in [0.5, 0.6) is 5.75 Å². The van der Waals surface area contributed by atoms with Crippen LogP contribution in [0.15, 0.2) is 46.2 Å². The van der Waals surface area contributed by atoms with E-state index in [1.807, 2.05) is 0 Å². The summed E-state index contributed by atoms with van der Waals surface area (Å²) < 4.78 is 59.2. The number of hydrogen-bond acceptors (Lipinski definition) is 8. The maximum atomic E-state index is 13.0. The number of nitrogens with zero attached hydrogens (tertiary/aromatic N) is 2. The standard InChI is InChI=1S/C17H22N4O7S2/c1-5-18-14-8-7-13(30(26,27)20(2)3)11-15(14)19-29(24,25)17-10-12(21(22)23)6-9-16(17)28-4/h6-11,18-19H,5H2,1-4H3. The lowest BCUT2D eigenvalue weighted by molar-refractivity contribution is -0.385. The van der Waals surface area contributed by atoms with Crippen molar-refractivity contribution in [2.24, 2.45) is 0 Å². The molecule has 2 rings (SSSR count). The minimum Gasteiger partial charge on any atom is -0.495 e. The molecule has 0 aliphatic rings. The summed E-state index contributed by atoms with van der Waals surface area (Å²) in [6, 6.07) is 7.11. The van der Waals surface area contributed by atoms with E-state index in [1.54, 1.807) is 6.92 Å². The van der Waals surface area contributed by atoms with Crippen LogP contribution in [0.4, 0.5) is 17.1 Å². The summed E-state index contributed by atoms with van der Waals surface area (Å²) in [6.07, 6.45) is 0. The highest BCUT2D eigenvalue weighted by Crippen LogP contribution is 2.33. The highest BCUT2D eigenvalue weighted by atomic mass is 32.2. The zero-order valence-electron chi connectivity index (χ0n) is 16.7. The van der Waals surface area contributed by atoms with Crippen molar-refractivity contribution < 1.29 is 26.5 Å². The molecule has 2 aromatic carbocycles. The van der Waals surface area contributed by atoms with E-state index >= 15 is 0 Å². The van der Waals surface area contributed by atoms with Gasteiger partial charge in [-0.25, -0.2) is 21.1 Å². The molecule has 13 heteroatoms. The largest absolute Gasteiger partial charge is 0.495 e. The van der Waals surface area contributed by atoms with Crippen LogP contribution >= 0.6 is 0 Å². The van der Waals surface area contributed by atoms with Crippen LogP contribution in [-0.4, -0.2) is 53.8 Å². The number of benzene rings is 2. The number of nitro groups is 1. The van der Waals surface area contributed by atoms with E-state index in [9.17, 15) is 26.9 Å². The first kappa shape index (κ1) is 23.4. The predicted molar refractivity (Wildman–Crippen MR) is 112 cm³/mol. The van der Waals surface area contributed by atoms with Gasteiger partial charge < -0.3 is 10.1 Å². The highest BCUT2D eigenvalue weighted by Gasteiger charge is 2.26. The van der Waals surface area contributed by atoms with Gasteiger partial charge >= 0.3 is 0 Å². The summed E-state index contributed by atoms with van der Waals surface area (Å²) in [4.78, 5) is 9.75. The second-order valence-electron chi connectivity index (χ2n) is 6.22. The number of ether oxygens (including phenoxy) is 1. The van der Waals surface area contributed by atoms with Crippen molar-refractivity contribution in [2.45, 2.75) is 16.7 Å². The quantitative estimate of drug-likeness (QED) is 0.429. The summed E-state index contributed by atoms with van der Waals surface area (Å²) in [5.41, 5.74) is -0.136. The van der Waals surface area contributed by atoms with Crippen molar-refractivity contribution >= 4 is 37.1 Å². The first-order chi connectivity index (χ1) is 13.9. The summed E-state index contributed by atoms with van der Waals surface area (Å²) in [6.45, 7) is 2.22. The van der Waals surface area contributed by atoms with E-state index < -0.39 is 35.6 Å². The number of non-ortho nitro benzene ring substituents is 1. The molecule has 0 aliphatic carbocycles. The molecule has 0 aromatic heterocycles. The lowest BCUT2D eigenvalue weighted by atomic mass is 10.2. The van der Waals surface area contributed by atoms with Crippen molar-refractivity contribution in [2.75, 3.05) is 37.8 Å². The minimum atomic E-state index is -4.36. The third-order valence-electron chi connectivity index (χ3n) is 4.03. The highest BCUT2D eigenvalue weighted by molar-refractivity contribution is 7.93. The van der Waals surface area contributed by atoms with Crippen molar-refractivity contribution in [3.8, 4) is 5.75 Å². The number of methoxy groups -OCH3 is 1. The molecule has 0 radical (unpaired) electrons. The van der Waals surface area contributed by atoms with Crippen LogP contribution in [0, 0.1) is 10.1 Å². The summed E-state index contributed by atoms with van der Waals surface area (Å²) >= 11 is 0. The Balaban J connectivity index is 2.62. The van der Waals surface area contributed by atoms with E-state index in [-0.39, 0.29) is 16.3 Å². The second-order valence-corrected chi connectivity index (χ2v) is 10.0. The topological polar surface area (TPSA) is 148 Å². The van der Waals surface area contributed by atoms with Crippen molar-refractivity contribution in [1.29, 1.82) is 0 Å². The fourth-order valence-electron chi connectivity index (χ4n) is 2.51. The van der Waals surface area contributed by atoms with Crippen molar-refractivity contribution in [1.82, 2.24) is 4.31 Å². The molecule has 0 saturated heterocycles. The van der Waals surface area contributed by atoms with Gasteiger partial charge in [-0.15, -0.1) is 0 Å². The molecule has 0 heterocycles. The van der Waals surface area contributed by atoms with Crippen LogP contribution in [0.25, 0.3) is 0 Å². The average Bonchev–Trinajstić information content (AvgIpc) is 2.68. The minimum absolute atomic E-state index is 0.0339. The Labute approximate surface area is 174 Å². The van der Waals surface area contributed by atoms with E-state index in [1.165, 1.54) is 45.5 Å². The molecular weight excluding hydrogens is 436 g/mol. The molecule has 0 spiro atoms. The monoisotopic (exact) mass is 458 g/mol. The third-order valence-corrected chi connectivity index (χ3v) is 7.23. The third kappa shape index (κ3) is 4.80. The van der Waals surface area contributed by atoms with E-state index in [4.69, 9.17) is 4.74 Å². The average molecular weight is 459 g/mol. The lowest BCUT2D eigenvalue weighted by Gasteiger charge is -2.17. The number of nitrogens with one attached hydrogen (secondary N) is 2. The molecular formula is C17H22N4O7S2. The molecule has 0 fully saturated rings. The van der Waals surface area contributed by atoms with Gasteiger partial charge in [-0.05, 0) is 31.2 Å². The first-order valence-corrected chi connectivity index (χ1v) is 11.5. The molecule has 0 aliphatic heterocycles. The molecule has 0 bridgehead atoms. The van der Waals surface area contributed by atoms with Gasteiger partial charge in [0.1, 0.15) is 10.6 Å². The summed E-state index contributed by atoms with van der Waals surface area (Å²) in [7, 11) is -4.25. The molecule has 2 aromatic rings. The van der Waals surface area contributed by atoms with Crippen LogP contribution in [0.2, 0.25) is 0 Å². The molecule has 0 saturated carbocycles. The molecule has 164 valence electrons. The zero-order valence-corrected chi connectivity index (χ0v) is 18.4. The Hall–Kier alpha value is -2.90. The zero-order chi connectivity index (χ0) is 22.7. The molecule has 2 N–H and O–H groups in total. The van der Waals surface area contributed by atoms with Gasteiger partial charge in [-0.1, -0.05) is 0 Å². The second kappa shape index (κ2) is 8.85. The first-order valence-electron chi connectivity index (χ1n) is 8.59. The summed E-state index contributed by atoms with van der Waals surface area (Å²) in [5, 5.41) is 14.0. The lowest BCUT2D eigenvalue weighted by Crippen LogP contribution is -2.23. The van der Waals surface area contributed by atoms with Crippen molar-refractivity contribution in [3.05, 3.63) is 46.5 Å². The van der Waals surface area contributed by atoms with Crippen molar-refractivity contribution in [3.63, 3.8) is 0 Å². The molecule has 30 heavy (non-hydrogen) atoms. The Morgan fingerprint density at radius 3 is 2.27 bits per heavy atom. The molecule has 0 unspecified atom stereocenters. The van der Waals surface area contributed by atoms with E-state index in [2.05, 4.69) is 10.0 Å². The van der Waals surface area contributed by atoms with Gasteiger partial charge in [0, 0.05) is 32.8 Å². The van der Waals surface area contributed by atoms with E-state index in [0.717, 1.165) is 16.4 Å².